The van der Waals surface area contributed by atoms with E-state index in [0.29, 0.717) is 47.6 Å². The Labute approximate surface area is 216 Å². The molecule has 13 heteroatoms. The second-order valence-electron chi connectivity index (χ2n) is 7.59. The van der Waals surface area contributed by atoms with Crippen LogP contribution < -0.4 is 29.0 Å². The van der Waals surface area contributed by atoms with E-state index in [1.165, 1.54) is 33.4 Å². The summed E-state index contributed by atoms with van der Waals surface area (Å²) in [5, 5.41) is 2.20. The molecule has 0 saturated carbocycles. The van der Waals surface area contributed by atoms with Gasteiger partial charge < -0.3 is 19.5 Å². The predicted molar refractivity (Wildman–Crippen MR) is 136 cm³/mol. The van der Waals surface area contributed by atoms with Gasteiger partial charge in [-0.15, -0.1) is 0 Å². The largest absolute Gasteiger partial charge is 0.496 e. The van der Waals surface area contributed by atoms with E-state index in [2.05, 4.69) is 26.0 Å². The highest BCUT2D eigenvalue weighted by atomic mass is 79.9. The van der Waals surface area contributed by atoms with Gasteiger partial charge in [0.25, 0.3) is 15.9 Å². The van der Waals surface area contributed by atoms with Gasteiger partial charge in [-0.2, -0.15) is 0 Å². The number of ether oxygens (including phenoxy) is 3. The number of nitrogens with one attached hydrogen (secondary N) is 3. The molecule has 0 fully saturated rings. The summed E-state index contributed by atoms with van der Waals surface area (Å²) in [5.74, 6) is 0.326. The molecule has 0 radical (unpaired) electrons. The SMILES string of the molecule is CNSC(=O)NS(=O)(=O)c1cc2c(cc1OC)OCCC2C(C)NC(=O)c1cc(Br)ccc1OC. The van der Waals surface area contributed by atoms with Crippen molar-refractivity contribution in [1.82, 2.24) is 14.8 Å². The Bertz CT molecular complexity index is 1220. The van der Waals surface area contributed by atoms with Gasteiger partial charge in [0, 0.05) is 40.0 Å². The average Bonchev–Trinajstić information content (AvgIpc) is 2.82. The molecular weight excluding hydrogens is 562 g/mol. The molecule has 1 heterocycles. The van der Waals surface area contributed by atoms with Gasteiger partial charge in [-0.25, -0.2) is 13.1 Å². The Morgan fingerprint density at radius 2 is 1.89 bits per heavy atom. The van der Waals surface area contributed by atoms with Crippen LogP contribution in [0.25, 0.3) is 0 Å². The molecule has 0 spiro atoms. The van der Waals surface area contributed by atoms with Crippen molar-refractivity contribution in [3.05, 3.63) is 45.9 Å². The number of fused-ring (bicyclic) bond motifs is 1. The van der Waals surface area contributed by atoms with Gasteiger partial charge in [0.15, 0.2) is 0 Å². The maximum atomic E-state index is 13.0. The van der Waals surface area contributed by atoms with E-state index in [1.807, 2.05) is 11.6 Å². The highest BCUT2D eigenvalue weighted by Crippen LogP contribution is 2.41. The molecule has 190 valence electrons. The third-order valence-electron chi connectivity index (χ3n) is 5.45. The molecule has 2 aromatic rings. The van der Waals surface area contributed by atoms with E-state index in [9.17, 15) is 18.0 Å². The first kappa shape index (κ1) is 27.1. The lowest BCUT2D eigenvalue weighted by atomic mass is 9.87. The van der Waals surface area contributed by atoms with Crippen LogP contribution >= 0.6 is 27.9 Å². The van der Waals surface area contributed by atoms with Crippen LogP contribution in [0.2, 0.25) is 0 Å². The molecule has 2 atom stereocenters. The van der Waals surface area contributed by atoms with Gasteiger partial charge in [0.2, 0.25) is 0 Å². The summed E-state index contributed by atoms with van der Waals surface area (Å²) in [6.45, 7) is 2.22. The second kappa shape index (κ2) is 11.5. The molecule has 2 aromatic carbocycles. The van der Waals surface area contributed by atoms with Gasteiger partial charge in [0.05, 0.1) is 26.4 Å². The molecule has 3 rings (SSSR count). The van der Waals surface area contributed by atoms with Crippen LogP contribution in [-0.4, -0.2) is 53.5 Å². The van der Waals surface area contributed by atoms with E-state index in [1.54, 1.807) is 18.2 Å². The Kier molecular flexibility index (Phi) is 8.91. The summed E-state index contributed by atoms with van der Waals surface area (Å²) < 4.78 is 47.5. The van der Waals surface area contributed by atoms with Crippen LogP contribution in [0.1, 0.15) is 35.2 Å². The summed E-state index contributed by atoms with van der Waals surface area (Å²) in [5.41, 5.74) is 0.948. The van der Waals surface area contributed by atoms with Crippen molar-refractivity contribution in [2.24, 2.45) is 0 Å². The lowest BCUT2D eigenvalue weighted by molar-refractivity contribution is 0.0926. The van der Waals surface area contributed by atoms with E-state index in [4.69, 9.17) is 14.2 Å². The van der Waals surface area contributed by atoms with Crippen LogP contribution in [0.5, 0.6) is 17.2 Å². The Morgan fingerprint density at radius 3 is 2.54 bits per heavy atom. The zero-order valence-corrected chi connectivity index (χ0v) is 22.7. The van der Waals surface area contributed by atoms with Crippen molar-refractivity contribution in [1.29, 1.82) is 0 Å². The normalized spacial score (nSPS) is 15.9. The van der Waals surface area contributed by atoms with Crippen molar-refractivity contribution in [2.75, 3.05) is 27.9 Å². The number of hydrogen-bond donors (Lipinski definition) is 3. The zero-order chi connectivity index (χ0) is 25.8. The average molecular weight is 589 g/mol. The summed E-state index contributed by atoms with van der Waals surface area (Å²) in [6, 6.07) is 7.67. The molecule has 0 bridgehead atoms. The predicted octanol–water partition coefficient (Wildman–Crippen LogP) is 3.42. The first-order valence-electron chi connectivity index (χ1n) is 10.5. The van der Waals surface area contributed by atoms with E-state index in [-0.39, 0.29) is 28.5 Å². The number of carbonyl (C=O) groups excluding carboxylic acids is 2. The lowest BCUT2D eigenvalue weighted by Gasteiger charge is -2.32. The fraction of sp³-hybridized carbons (Fsp3) is 0.364. The number of methoxy groups -OCH3 is 2. The number of carbonyl (C=O) groups is 2. The summed E-state index contributed by atoms with van der Waals surface area (Å²) >= 11 is 3.97. The van der Waals surface area contributed by atoms with Crippen LogP contribution in [0, 0.1) is 0 Å². The fourth-order valence-corrected chi connectivity index (χ4v) is 5.89. The molecule has 0 saturated heterocycles. The van der Waals surface area contributed by atoms with Crippen LogP contribution in [0.4, 0.5) is 4.79 Å². The minimum atomic E-state index is -4.24. The van der Waals surface area contributed by atoms with Gasteiger partial charge in [-0.1, -0.05) is 15.9 Å². The quantitative estimate of drug-likeness (QED) is 0.397. The molecule has 0 aliphatic carbocycles. The standard InChI is InChI=1S/C22H26BrN3O7S2/c1-12(25-21(27)16-9-13(23)5-6-17(16)31-3)14-7-8-33-18-11-19(32-4)20(10-15(14)18)35(29,30)26-22(28)34-24-2/h5-6,9-12,14,24H,7-8H2,1-4H3,(H,25,27)(H,26,28). The molecule has 10 nitrogen and oxygen atoms in total. The number of rotatable bonds is 8. The van der Waals surface area contributed by atoms with Gasteiger partial charge in [-0.05, 0) is 44.7 Å². The number of hydrogen-bond acceptors (Lipinski definition) is 9. The smallest absolute Gasteiger partial charge is 0.307 e. The monoisotopic (exact) mass is 587 g/mol. The summed E-state index contributed by atoms with van der Waals surface area (Å²) in [7, 11) is 0.0811. The van der Waals surface area contributed by atoms with Crippen molar-refractivity contribution in [2.45, 2.75) is 30.2 Å². The minimum Gasteiger partial charge on any atom is -0.496 e. The van der Waals surface area contributed by atoms with Crippen LogP contribution in [0.15, 0.2) is 39.7 Å². The maximum absolute atomic E-state index is 13.0. The molecule has 2 unspecified atom stereocenters. The topological polar surface area (TPSA) is 132 Å². The summed E-state index contributed by atoms with van der Waals surface area (Å²) in [4.78, 5) is 24.7. The highest BCUT2D eigenvalue weighted by molar-refractivity contribution is 9.10. The molecule has 1 aliphatic rings. The summed E-state index contributed by atoms with van der Waals surface area (Å²) in [6.07, 6.45) is 0.540. The van der Waals surface area contributed by atoms with Crippen molar-refractivity contribution >= 4 is 49.0 Å². The lowest BCUT2D eigenvalue weighted by Crippen LogP contribution is -2.39. The number of amides is 2. The van der Waals surface area contributed by atoms with Gasteiger partial charge >= 0.3 is 5.24 Å². The van der Waals surface area contributed by atoms with Crippen molar-refractivity contribution in [3.63, 3.8) is 0 Å². The minimum absolute atomic E-state index is 0.0368. The van der Waals surface area contributed by atoms with E-state index in [0.717, 1.165) is 4.47 Å². The van der Waals surface area contributed by atoms with E-state index < -0.39 is 15.3 Å². The third-order valence-corrected chi connectivity index (χ3v) is 7.92. The molecular formula is C22H26BrN3O7S2. The Balaban J connectivity index is 1.94. The molecule has 1 aliphatic heterocycles. The van der Waals surface area contributed by atoms with Crippen LogP contribution in [-0.2, 0) is 10.0 Å². The molecule has 0 aromatic heterocycles. The molecule has 3 N–H and O–H groups in total. The Morgan fingerprint density at radius 1 is 1.17 bits per heavy atom. The van der Waals surface area contributed by atoms with Crippen LogP contribution in [0.3, 0.4) is 0 Å². The van der Waals surface area contributed by atoms with Crippen molar-refractivity contribution < 1.29 is 32.2 Å². The van der Waals surface area contributed by atoms with Gasteiger partial charge in [0.1, 0.15) is 22.1 Å². The Hall–Kier alpha value is -2.48. The fourth-order valence-electron chi connectivity index (χ4n) is 3.83. The number of sulfonamides is 1. The zero-order valence-electron chi connectivity index (χ0n) is 19.5. The first-order chi connectivity index (χ1) is 16.6. The maximum Gasteiger partial charge on any atom is 0.307 e. The molecule has 2 amide bonds. The number of benzene rings is 2. The molecule has 35 heavy (non-hydrogen) atoms. The highest BCUT2D eigenvalue weighted by Gasteiger charge is 2.32. The number of halogens is 1. The second-order valence-corrected chi connectivity index (χ2v) is 11.1. The van der Waals surface area contributed by atoms with Gasteiger partial charge in [-0.3, -0.25) is 14.3 Å². The van der Waals surface area contributed by atoms with E-state index >= 15 is 0 Å². The third kappa shape index (κ3) is 6.21. The first-order valence-corrected chi connectivity index (χ1v) is 13.6. The van der Waals surface area contributed by atoms with Crippen molar-refractivity contribution in [3.8, 4) is 17.2 Å².